The largest absolute Gasteiger partial charge is 0.480 e. The lowest BCUT2D eigenvalue weighted by Gasteiger charge is -2.17. The van der Waals surface area contributed by atoms with Crippen LogP contribution >= 0.6 is 0 Å². The van der Waals surface area contributed by atoms with Crippen LogP contribution in [0.15, 0.2) is 11.8 Å². The van der Waals surface area contributed by atoms with Crippen LogP contribution in [-0.4, -0.2) is 54.1 Å². The highest BCUT2D eigenvalue weighted by molar-refractivity contribution is 5.99. The molecule has 1 amide bonds. The molecule has 0 spiro atoms. The maximum atomic E-state index is 11.6. The first-order valence-corrected chi connectivity index (χ1v) is 6.55. The molecule has 1 atom stereocenters. The van der Waals surface area contributed by atoms with E-state index >= 15 is 0 Å². The third-order valence-corrected chi connectivity index (χ3v) is 2.80. The Balaban J connectivity index is 4.32. The Hall–Kier alpha value is -2.07. The number of nitrogens with zero attached hydrogens (tertiary/aromatic N) is 2. The van der Waals surface area contributed by atoms with Crippen LogP contribution < -0.4 is 10.6 Å². The molecule has 112 valence electrons. The van der Waals surface area contributed by atoms with Gasteiger partial charge in [-0.05, 0) is 20.0 Å². The summed E-state index contributed by atoms with van der Waals surface area (Å²) < 4.78 is 0. The number of nitriles is 1. The van der Waals surface area contributed by atoms with Gasteiger partial charge in [-0.15, -0.1) is 0 Å². The topological polar surface area (TPSA) is 105 Å². The predicted octanol–water partition coefficient (Wildman–Crippen LogP) is -0.0854. The third kappa shape index (κ3) is 6.75. The first kappa shape index (κ1) is 17.9. The fourth-order valence-corrected chi connectivity index (χ4v) is 1.42. The second-order valence-corrected chi connectivity index (χ2v) is 4.18. The number of nitrogens with one attached hydrogen (secondary N) is 2. The molecule has 0 bridgehead atoms. The Morgan fingerprint density at radius 2 is 2.00 bits per heavy atom. The number of hydrogen-bond acceptors (Lipinski definition) is 5. The summed E-state index contributed by atoms with van der Waals surface area (Å²) in [7, 11) is 0. The summed E-state index contributed by atoms with van der Waals surface area (Å²) in [6.07, 6.45) is 1.31. The van der Waals surface area contributed by atoms with E-state index in [1.165, 1.54) is 13.1 Å². The maximum absolute atomic E-state index is 11.6. The van der Waals surface area contributed by atoms with Crippen molar-refractivity contribution in [2.75, 3.05) is 26.2 Å². The number of hydrogen-bond donors (Lipinski definition) is 3. The van der Waals surface area contributed by atoms with Gasteiger partial charge in [0.25, 0.3) is 5.91 Å². The number of aliphatic carboxylic acids is 1. The molecule has 0 aromatic rings. The van der Waals surface area contributed by atoms with E-state index < -0.39 is 17.9 Å². The summed E-state index contributed by atoms with van der Waals surface area (Å²) in [5.41, 5.74) is -0.141. The van der Waals surface area contributed by atoms with Gasteiger partial charge in [0.2, 0.25) is 0 Å². The zero-order valence-electron chi connectivity index (χ0n) is 12.1. The molecule has 0 fully saturated rings. The first-order valence-electron chi connectivity index (χ1n) is 6.55. The van der Waals surface area contributed by atoms with Crippen molar-refractivity contribution in [3.63, 3.8) is 0 Å². The van der Waals surface area contributed by atoms with Crippen LogP contribution in [-0.2, 0) is 9.59 Å². The van der Waals surface area contributed by atoms with Gasteiger partial charge in [-0.1, -0.05) is 13.8 Å². The van der Waals surface area contributed by atoms with Crippen molar-refractivity contribution in [2.45, 2.75) is 26.8 Å². The Labute approximate surface area is 119 Å². The molecular weight excluding hydrogens is 260 g/mol. The molecule has 0 rings (SSSR count). The molecule has 0 saturated heterocycles. The van der Waals surface area contributed by atoms with Crippen LogP contribution in [0.25, 0.3) is 0 Å². The second kappa shape index (κ2) is 9.81. The van der Waals surface area contributed by atoms with Crippen LogP contribution in [0.4, 0.5) is 0 Å². The number of amides is 1. The molecule has 0 radical (unpaired) electrons. The van der Waals surface area contributed by atoms with E-state index in [9.17, 15) is 9.59 Å². The lowest BCUT2D eigenvalue weighted by molar-refractivity contribution is -0.140. The van der Waals surface area contributed by atoms with Gasteiger partial charge in [0, 0.05) is 19.3 Å². The lowest BCUT2D eigenvalue weighted by Crippen LogP contribution is -2.39. The van der Waals surface area contributed by atoms with Crippen molar-refractivity contribution in [3.05, 3.63) is 11.8 Å². The number of likely N-dealkylation sites (N-methyl/N-ethyl adjacent to an activating group) is 1. The van der Waals surface area contributed by atoms with E-state index in [4.69, 9.17) is 10.4 Å². The molecule has 0 saturated carbocycles. The Bertz CT molecular complexity index is 397. The minimum Gasteiger partial charge on any atom is -0.480 e. The lowest BCUT2D eigenvalue weighted by atomic mass is 10.2. The van der Waals surface area contributed by atoms with E-state index in [-0.39, 0.29) is 5.57 Å². The van der Waals surface area contributed by atoms with Crippen molar-refractivity contribution >= 4 is 11.9 Å². The van der Waals surface area contributed by atoms with Gasteiger partial charge >= 0.3 is 5.97 Å². The second-order valence-electron chi connectivity index (χ2n) is 4.18. The number of carbonyl (C=O) groups is 2. The minimum atomic E-state index is -1.15. The van der Waals surface area contributed by atoms with Crippen molar-refractivity contribution in [1.29, 1.82) is 5.26 Å². The van der Waals surface area contributed by atoms with Gasteiger partial charge in [0.05, 0.1) is 0 Å². The number of carbonyl (C=O) groups excluding carboxylic acids is 1. The van der Waals surface area contributed by atoms with Crippen molar-refractivity contribution in [3.8, 4) is 6.07 Å². The molecule has 0 aromatic heterocycles. The molecule has 0 aliphatic heterocycles. The molecule has 3 N–H and O–H groups in total. The van der Waals surface area contributed by atoms with Gasteiger partial charge < -0.3 is 20.6 Å². The molecule has 0 aliphatic rings. The van der Waals surface area contributed by atoms with Gasteiger partial charge in [0.15, 0.2) is 0 Å². The SMILES string of the molecule is CCN(CC)CCN/C=C(/C#N)C(=O)NC(C)C(=O)O. The third-order valence-electron chi connectivity index (χ3n) is 2.80. The molecule has 0 aliphatic carbocycles. The standard InChI is InChI=1S/C13H22N4O3/c1-4-17(5-2)7-6-15-9-11(8-14)12(18)16-10(3)13(19)20/h9-10,15H,4-7H2,1-3H3,(H,16,18)(H,19,20)/b11-9-. The van der Waals surface area contributed by atoms with E-state index in [1.807, 2.05) is 0 Å². The quantitative estimate of drug-likeness (QED) is 0.310. The average Bonchev–Trinajstić information content (AvgIpc) is 2.42. The van der Waals surface area contributed by atoms with Crippen LogP contribution in [0.5, 0.6) is 0 Å². The highest BCUT2D eigenvalue weighted by atomic mass is 16.4. The predicted molar refractivity (Wildman–Crippen MR) is 74.7 cm³/mol. The zero-order chi connectivity index (χ0) is 15.5. The van der Waals surface area contributed by atoms with E-state index in [0.29, 0.717) is 6.54 Å². The minimum absolute atomic E-state index is 0.141. The highest BCUT2D eigenvalue weighted by Gasteiger charge is 2.16. The van der Waals surface area contributed by atoms with Gasteiger partial charge in [0.1, 0.15) is 17.7 Å². The maximum Gasteiger partial charge on any atom is 0.325 e. The summed E-state index contributed by atoms with van der Waals surface area (Å²) in [5, 5.41) is 22.7. The summed E-state index contributed by atoms with van der Waals surface area (Å²) in [6, 6.07) is 0.710. The van der Waals surface area contributed by atoms with E-state index in [0.717, 1.165) is 19.6 Å². The van der Waals surface area contributed by atoms with Crippen LogP contribution in [0.2, 0.25) is 0 Å². The van der Waals surface area contributed by atoms with Gasteiger partial charge in [-0.25, -0.2) is 0 Å². The Kier molecular flexibility index (Phi) is 8.79. The van der Waals surface area contributed by atoms with Gasteiger partial charge in [-0.2, -0.15) is 5.26 Å². The smallest absolute Gasteiger partial charge is 0.325 e. The Morgan fingerprint density at radius 1 is 1.40 bits per heavy atom. The van der Waals surface area contributed by atoms with Crippen molar-refractivity contribution in [2.24, 2.45) is 0 Å². The summed E-state index contributed by atoms with van der Waals surface area (Å²) in [4.78, 5) is 24.4. The summed E-state index contributed by atoms with van der Waals surface area (Å²) in [6.45, 7) is 8.72. The Morgan fingerprint density at radius 3 is 2.45 bits per heavy atom. The fraction of sp³-hybridized carbons (Fsp3) is 0.615. The normalized spacial score (nSPS) is 12.7. The average molecular weight is 282 g/mol. The molecular formula is C13H22N4O3. The summed E-state index contributed by atoms with van der Waals surface area (Å²) in [5.74, 6) is -1.84. The number of carboxylic acids is 1. The number of carboxylic acid groups (broad SMARTS) is 1. The molecule has 0 heterocycles. The molecule has 7 heteroatoms. The number of rotatable bonds is 9. The molecule has 1 unspecified atom stereocenters. The monoisotopic (exact) mass is 282 g/mol. The first-order chi connectivity index (χ1) is 9.46. The van der Waals surface area contributed by atoms with E-state index in [2.05, 4.69) is 29.4 Å². The molecule has 0 aromatic carbocycles. The van der Waals surface area contributed by atoms with Crippen LogP contribution in [0.1, 0.15) is 20.8 Å². The zero-order valence-corrected chi connectivity index (χ0v) is 12.1. The van der Waals surface area contributed by atoms with Crippen LogP contribution in [0.3, 0.4) is 0 Å². The molecule has 20 heavy (non-hydrogen) atoms. The fourth-order valence-electron chi connectivity index (χ4n) is 1.42. The van der Waals surface area contributed by atoms with Crippen molar-refractivity contribution in [1.82, 2.24) is 15.5 Å². The summed E-state index contributed by atoms with van der Waals surface area (Å²) >= 11 is 0. The van der Waals surface area contributed by atoms with E-state index in [1.54, 1.807) is 6.07 Å². The van der Waals surface area contributed by atoms with Crippen molar-refractivity contribution < 1.29 is 14.7 Å². The van der Waals surface area contributed by atoms with Crippen LogP contribution in [0, 0.1) is 11.3 Å². The van der Waals surface area contributed by atoms with Gasteiger partial charge in [-0.3, -0.25) is 9.59 Å². The highest BCUT2D eigenvalue weighted by Crippen LogP contribution is 1.93. The molecule has 7 nitrogen and oxygen atoms in total.